The lowest BCUT2D eigenvalue weighted by Gasteiger charge is -2.09. The first-order chi connectivity index (χ1) is 7.61. The summed E-state index contributed by atoms with van der Waals surface area (Å²) in [6.07, 6.45) is 1.75. The van der Waals surface area contributed by atoms with E-state index >= 15 is 0 Å². The molecule has 1 amide bonds. The van der Waals surface area contributed by atoms with Gasteiger partial charge in [-0.15, -0.1) is 0 Å². The molecule has 0 aliphatic carbocycles. The van der Waals surface area contributed by atoms with Crippen LogP contribution in [0.2, 0.25) is 0 Å². The molecule has 0 radical (unpaired) electrons. The van der Waals surface area contributed by atoms with Crippen LogP contribution in [-0.4, -0.2) is 27.3 Å². The van der Waals surface area contributed by atoms with Gasteiger partial charge >= 0.3 is 0 Å². The van der Waals surface area contributed by atoms with Gasteiger partial charge in [0.2, 0.25) is 0 Å². The molecule has 0 atom stereocenters. The molecule has 0 saturated heterocycles. The summed E-state index contributed by atoms with van der Waals surface area (Å²) in [5.41, 5.74) is 5.94. The Morgan fingerprint density at radius 1 is 1.56 bits per heavy atom. The lowest BCUT2D eigenvalue weighted by molar-refractivity contribution is -0.122. The van der Waals surface area contributed by atoms with E-state index in [1.807, 2.05) is 19.9 Å². The van der Waals surface area contributed by atoms with Crippen LogP contribution >= 0.6 is 12.2 Å². The largest absolute Gasteiger partial charge is 0.362 e. The minimum absolute atomic E-state index is 0.162. The number of rotatable bonds is 3. The first-order valence-corrected chi connectivity index (χ1v) is 5.35. The number of nitrogens with one attached hydrogen (secondary N) is 3. The van der Waals surface area contributed by atoms with Crippen LogP contribution < -0.4 is 16.2 Å². The van der Waals surface area contributed by atoms with Crippen molar-refractivity contribution in [2.24, 2.45) is 0 Å². The molecule has 1 aromatic rings. The number of nitrogens with zero attached hydrogens (tertiary/aromatic N) is 2. The van der Waals surface area contributed by atoms with E-state index < -0.39 is 0 Å². The molecule has 7 heteroatoms. The van der Waals surface area contributed by atoms with E-state index in [1.165, 1.54) is 0 Å². The number of carbonyl (C=O) groups excluding carboxylic acids is 1. The SMILES string of the molecule is CCNC(=S)NNC(=O)Cn1ccc(C)n1. The first-order valence-electron chi connectivity index (χ1n) is 4.94. The Morgan fingerprint density at radius 3 is 2.88 bits per heavy atom. The highest BCUT2D eigenvalue weighted by atomic mass is 32.1. The molecule has 88 valence electrons. The van der Waals surface area contributed by atoms with Gasteiger partial charge in [-0.3, -0.25) is 20.3 Å². The Kier molecular flexibility index (Phi) is 4.71. The van der Waals surface area contributed by atoms with Crippen molar-refractivity contribution in [1.29, 1.82) is 0 Å². The Balaban J connectivity index is 2.28. The fourth-order valence-electron chi connectivity index (χ4n) is 1.07. The van der Waals surface area contributed by atoms with Crippen LogP contribution in [0.25, 0.3) is 0 Å². The smallest absolute Gasteiger partial charge is 0.260 e. The van der Waals surface area contributed by atoms with Gasteiger partial charge in [0.25, 0.3) is 5.91 Å². The molecular weight excluding hydrogens is 226 g/mol. The number of hydrogen-bond donors (Lipinski definition) is 3. The zero-order valence-corrected chi connectivity index (χ0v) is 10.1. The highest BCUT2D eigenvalue weighted by molar-refractivity contribution is 7.80. The van der Waals surface area contributed by atoms with Crippen LogP contribution in [-0.2, 0) is 11.3 Å². The summed E-state index contributed by atoms with van der Waals surface area (Å²) in [6.45, 7) is 4.66. The van der Waals surface area contributed by atoms with E-state index in [1.54, 1.807) is 10.9 Å². The molecule has 0 bridgehead atoms. The fraction of sp³-hybridized carbons (Fsp3) is 0.444. The maximum atomic E-state index is 11.4. The molecule has 16 heavy (non-hydrogen) atoms. The highest BCUT2D eigenvalue weighted by Crippen LogP contribution is 1.91. The van der Waals surface area contributed by atoms with Gasteiger partial charge in [-0.25, -0.2) is 0 Å². The van der Waals surface area contributed by atoms with E-state index in [2.05, 4.69) is 21.3 Å². The summed E-state index contributed by atoms with van der Waals surface area (Å²) >= 11 is 4.88. The zero-order valence-electron chi connectivity index (χ0n) is 9.28. The van der Waals surface area contributed by atoms with E-state index in [0.717, 1.165) is 5.69 Å². The number of aromatic nitrogens is 2. The first kappa shape index (κ1) is 12.4. The molecule has 1 aromatic heterocycles. The van der Waals surface area contributed by atoms with Crippen molar-refractivity contribution in [1.82, 2.24) is 25.9 Å². The highest BCUT2D eigenvalue weighted by Gasteiger charge is 2.03. The minimum Gasteiger partial charge on any atom is -0.362 e. The molecular formula is C9H15N5OS. The van der Waals surface area contributed by atoms with Gasteiger partial charge in [0, 0.05) is 12.7 Å². The number of hydrazine groups is 1. The summed E-state index contributed by atoms with van der Waals surface area (Å²) in [6, 6.07) is 1.84. The van der Waals surface area contributed by atoms with E-state index in [0.29, 0.717) is 11.7 Å². The maximum Gasteiger partial charge on any atom is 0.260 e. The third-order valence-electron chi connectivity index (χ3n) is 1.73. The normalized spacial score (nSPS) is 9.62. The summed E-state index contributed by atoms with van der Waals surface area (Å²) in [5, 5.41) is 7.34. The fourth-order valence-corrected chi connectivity index (χ4v) is 1.26. The van der Waals surface area contributed by atoms with Crippen LogP contribution in [0.4, 0.5) is 0 Å². The van der Waals surface area contributed by atoms with Crippen LogP contribution in [0.5, 0.6) is 0 Å². The van der Waals surface area contributed by atoms with Crippen molar-refractivity contribution in [3.05, 3.63) is 18.0 Å². The van der Waals surface area contributed by atoms with Crippen molar-refractivity contribution in [2.75, 3.05) is 6.54 Å². The summed E-state index contributed by atoms with van der Waals surface area (Å²) in [7, 11) is 0. The molecule has 0 aliphatic heterocycles. The van der Waals surface area contributed by atoms with Gasteiger partial charge < -0.3 is 5.32 Å². The molecule has 6 nitrogen and oxygen atoms in total. The number of aryl methyl sites for hydroxylation is 1. The van der Waals surface area contributed by atoms with Crippen molar-refractivity contribution in [3.63, 3.8) is 0 Å². The van der Waals surface area contributed by atoms with E-state index in [4.69, 9.17) is 12.2 Å². The van der Waals surface area contributed by atoms with Gasteiger partial charge in [-0.2, -0.15) is 5.10 Å². The second-order valence-electron chi connectivity index (χ2n) is 3.19. The molecule has 0 saturated carbocycles. The maximum absolute atomic E-state index is 11.4. The van der Waals surface area contributed by atoms with Gasteiger partial charge in [-0.05, 0) is 32.1 Å². The molecule has 1 rings (SSSR count). The van der Waals surface area contributed by atoms with Gasteiger partial charge in [-0.1, -0.05) is 0 Å². The van der Waals surface area contributed by atoms with E-state index in [-0.39, 0.29) is 12.5 Å². The Labute approximate surface area is 99.4 Å². The Bertz CT molecular complexity index is 376. The second kappa shape index (κ2) is 6.06. The lowest BCUT2D eigenvalue weighted by Crippen LogP contribution is -2.47. The Hall–Kier alpha value is -1.63. The molecule has 0 aliphatic rings. The van der Waals surface area contributed by atoms with E-state index in [9.17, 15) is 4.79 Å². The summed E-state index contributed by atoms with van der Waals surface area (Å²) in [4.78, 5) is 11.4. The predicted octanol–water partition coefficient (Wildman–Crippen LogP) is -0.293. The third-order valence-corrected chi connectivity index (χ3v) is 1.98. The number of carbonyl (C=O) groups is 1. The summed E-state index contributed by atoms with van der Waals surface area (Å²) < 4.78 is 1.56. The molecule has 3 N–H and O–H groups in total. The number of hydrogen-bond acceptors (Lipinski definition) is 3. The quantitative estimate of drug-likeness (QED) is 0.501. The molecule has 0 spiro atoms. The molecule has 0 unspecified atom stereocenters. The molecule has 0 fully saturated rings. The van der Waals surface area contributed by atoms with Crippen molar-refractivity contribution in [2.45, 2.75) is 20.4 Å². The topological polar surface area (TPSA) is 71.0 Å². The Morgan fingerprint density at radius 2 is 2.31 bits per heavy atom. The van der Waals surface area contributed by atoms with Gasteiger partial charge in [0.1, 0.15) is 6.54 Å². The van der Waals surface area contributed by atoms with Gasteiger partial charge in [0.05, 0.1) is 5.69 Å². The van der Waals surface area contributed by atoms with Gasteiger partial charge in [0.15, 0.2) is 5.11 Å². The average molecular weight is 241 g/mol. The summed E-state index contributed by atoms with van der Waals surface area (Å²) in [5.74, 6) is -0.205. The third kappa shape index (κ3) is 4.26. The van der Waals surface area contributed by atoms with Crippen LogP contribution in [0, 0.1) is 6.92 Å². The number of thiocarbonyl (C=S) groups is 1. The lowest BCUT2D eigenvalue weighted by atomic mass is 10.5. The van der Waals surface area contributed by atoms with Crippen molar-refractivity contribution < 1.29 is 4.79 Å². The number of amides is 1. The average Bonchev–Trinajstić information content (AvgIpc) is 2.61. The molecule has 1 heterocycles. The minimum atomic E-state index is -0.205. The van der Waals surface area contributed by atoms with Crippen LogP contribution in [0.3, 0.4) is 0 Å². The van der Waals surface area contributed by atoms with Crippen LogP contribution in [0.15, 0.2) is 12.3 Å². The monoisotopic (exact) mass is 241 g/mol. The standard InChI is InChI=1S/C9H15N5OS/c1-3-10-9(16)12-11-8(15)6-14-5-4-7(2)13-14/h4-5H,3,6H2,1-2H3,(H,11,15)(H2,10,12,16). The predicted molar refractivity (Wildman–Crippen MR) is 64.5 cm³/mol. The van der Waals surface area contributed by atoms with Crippen molar-refractivity contribution >= 4 is 23.2 Å². The van der Waals surface area contributed by atoms with Crippen molar-refractivity contribution in [3.8, 4) is 0 Å². The zero-order chi connectivity index (χ0) is 12.0. The van der Waals surface area contributed by atoms with Crippen LogP contribution in [0.1, 0.15) is 12.6 Å². The second-order valence-corrected chi connectivity index (χ2v) is 3.60. The molecule has 0 aromatic carbocycles.